The first-order chi connectivity index (χ1) is 9.25. The molecule has 0 aromatic carbocycles. The zero-order chi connectivity index (χ0) is 15.3. The van der Waals surface area contributed by atoms with Crippen LogP contribution in [0.4, 0.5) is 0 Å². The number of carbonyl (C=O) groups is 2. The Labute approximate surface area is 118 Å². The maximum atomic E-state index is 11.9. The van der Waals surface area contributed by atoms with Crippen LogP contribution in [-0.2, 0) is 24.3 Å². The summed E-state index contributed by atoms with van der Waals surface area (Å²) in [5.74, 6) is -2.25. The summed E-state index contributed by atoms with van der Waals surface area (Å²) in [6.07, 6.45) is 1.19. The molecule has 9 heteroatoms. The van der Waals surface area contributed by atoms with Crippen LogP contribution in [-0.4, -0.2) is 80.8 Å². The number of carboxylic acid groups (broad SMARTS) is 1. The van der Waals surface area contributed by atoms with Gasteiger partial charge in [0.05, 0.1) is 25.2 Å². The Balaban J connectivity index is 2.82. The summed E-state index contributed by atoms with van der Waals surface area (Å²) in [7, 11) is -2.00. The molecule has 8 nitrogen and oxygen atoms in total. The molecule has 20 heavy (non-hydrogen) atoms. The van der Waals surface area contributed by atoms with Crippen molar-refractivity contribution < 1.29 is 27.9 Å². The zero-order valence-electron chi connectivity index (χ0n) is 11.6. The number of nitrogens with zero attached hydrogens (tertiary/aromatic N) is 2. The topological polar surface area (TPSA) is 104 Å². The summed E-state index contributed by atoms with van der Waals surface area (Å²) in [4.78, 5) is 24.5. The van der Waals surface area contributed by atoms with Crippen LogP contribution in [0.3, 0.4) is 0 Å². The first kappa shape index (κ1) is 16.9. The van der Waals surface area contributed by atoms with Crippen molar-refractivity contribution in [3.05, 3.63) is 0 Å². The summed E-state index contributed by atoms with van der Waals surface area (Å²) >= 11 is 0. The lowest BCUT2D eigenvalue weighted by Crippen LogP contribution is -2.38. The molecule has 0 aromatic heterocycles. The van der Waals surface area contributed by atoms with Gasteiger partial charge in [-0.25, -0.2) is 8.42 Å². The summed E-state index contributed by atoms with van der Waals surface area (Å²) in [5, 5.41) is 9.14. The molecule has 0 aromatic rings. The molecule has 1 aliphatic heterocycles. The Kier molecular flexibility index (Phi) is 5.90. The van der Waals surface area contributed by atoms with Gasteiger partial charge in [-0.1, -0.05) is 0 Å². The van der Waals surface area contributed by atoms with Crippen LogP contribution >= 0.6 is 0 Å². The Morgan fingerprint density at radius 2 is 1.95 bits per heavy atom. The zero-order valence-corrected chi connectivity index (χ0v) is 12.4. The second-order valence-electron chi connectivity index (χ2n) is 4.74. The van der Waals surface area contributed by atoms with Gasteiger partial charge < -0.3 is 14.7 Å². The summed E-state index contributed by atoms with van der Waals surface area (Å²) in [6, 6.07) is 0. The average Bonchev–Trinajstić information content (AvgIpc) is 2.58. The van der Waals surface area contributed by atoms with Crippen LogP contribution < -0.4 is 0 Å². The van der Waals surface area contributed by atoms with E-state index in [1.165, 1.54) is 12.0 Å². The van der Waals surface area contributed by atoms with Crippen molar-refractivity contribution in [3.8, 4) is 0 Å². The van der Waals surface area contributed by atoms with Gasteiger partial charge in [0.15, 0.2) is 0 Å². The predicted octanol–water partition coefficient (Wildman–Crippen LogP) is -1.17. The predicted molar refractivity (Wildman–Crippen MR) is 70.6 cm³/mol. The van der Waals surface area contributed by atoms with E-state index in [4.69, 9.17) is 9.84 Å². The quantitative estimate of drug-likeness (QED) is 0.686. The number of aliphatic carboxylic acids is 1. The fraction of sp³-hybridized carbons (Fsp3) is 0.818. The molecule has 0 aliphatic carbocycles. The fourth-order valence-electron chi connectivity index (χ4n) is 2.02. The standard InChI is InChI=1S/C11H20N2O6S/c1-19-6-3-10(14)12-4-5-13(20(2,17)18)8-9(7-12)11(15)16/h9H,3-8H2,1-2H3,(H,15,16)/t9-/m0/s1. The number of carboxylic acids is 1. The van der Waals surface area contributed by atoms with Gasteiger partial charge >= 0.3 is 5.97 Å². The van der Waals surface area contributed by atoms with Crippen LogP contribution in [0.25, 0.3) is 0 Å². The lowest BCUT2D eigenvalue weighted by Gasteiger charge is -2.22. The van der Waals surface area contributed by atoms with Gasteiger partial charge in [-0.3, -0.25) is 9.59 Å². The van der Waals surface area contributed by atoms with Crippen LogP contribution in [0.5, 0.6) is 0 Å². The molecule has 1 saturated heterocycles. The monoisotopic (exact) mass is 308 g/mol. The maximum absolute atomic E-state index is 11.9. The van der Waals surface area contributed by atoms with Crippen LogP contribution in [0.1, 0.15) is 6.42 Å². The highest BCUT2D eigenvalue weighted by Gasteiger charge is 2.32. The number of rotatable bonds is 5. The maximum Gasteiger partial charge on any atom is 0.309 e. The normalized spacial score (nSPS) is 21.5. The Morgan fingerprint density at radius 1 is 1.30 bits per heavy atom. The molecule has 1 fully saturated rings. The van der Waals surface area contributed by atoms with E-state index in [0.29, 0.717) is 0 Å². The number of amides is 1. The first-order valence-electron chi connectivity index (χ1n) is 6.20. The minimum Gasteiger partial charge on any atom is -0.481 e. The molecule has 1 atom stereocenters. The third-order valence-electron chi connectivity index (χ3n) is 3.18. The highest BCUT2D eigenvalue weighted by atomic mass is 32.2. The van der Waals surface area contributed by atoms with Crippen molar-refractivity contribution in [2.45, 2.75) is 6.42 Å². The van der Waals surface area contributed by atoms with E-state index in [-0.39, 0.29) is 45.1 Å². The number of carbonyl (C=O) groups excluding carboxylic acids is 1. The first-order valence-corrected chi connectivity index (χ1v) is 8.05. The molecule has 1 aliphatic rings. The molecule has 1 rings (SSSR count). The number of sulfonamides is 1. The molecule has 0 radical (unpaired) electrons. The van der Waals surface area contributed by atoms with Crippen molar-refractivity contribution in [2.24, 2.45) is 5.92 Å². The molecular weight excluding hydrogens is 288 g/mol. The van der Waals surface area contributed by atoms with Gasteiger partial charge in [0.25, 0.3) is 0 Å². The lowest BCUT2D eigenvalue weighted by molar-refractivity contribution is -0.143. The fourth-order valence-corrected chi connectivity index (χ4v) is 2.88. The molecule has 0 saturated carbocycles. The van der Waals surface area contributed by atoms with E-state index in [1.54, 1.807) is 0 Å². The van der Waals surface area contributed by atoms with Crippen molar-refractivity contribution in [1.29, 1.82) is 0 Å². The van der Waals surface area contributed by atoms with Crippen molar-refractivity contribution in [3.63, 3.8) is 0 Å². The average molecular weight is 308 g/mol. The number of hydrogen-bond donors (Lipinski definition) is 1. The van der Waals surface area contributed by atoms with Gasteiger partial charge in [-0.15, -0.1) is 0 Å². The lowest BCUT2D eigenvalue weighted by atomic mass is 10.1. The third-order valence-corrected chi connectivity index (χ3v) is 4.44. The molecule has 1 heterocycles. The van der Waals surface area contributed by atoms with Crippen LogP contribution in [0.15, 0.2) is 0 Å². The summed E-state index contributed by atoms with van der Waals surface area (Å²) in [6.45, 7) is 0.468. The Hall–Kier alpha value is -1.19. The van der Waals surface area contributed by atoms with Crippen molar-refractivity contribution in [2.75, 3.05) is 46.2 Å². The van der Waals surface area contributed by atoms with Gasteiger partial charge in [0.1, 0.15) is 0 Å². The molecular formula is C11H20N2O6S. The van der Waals surface area contributed by atoms with Crippen molar-refractivity contribution >= 4 is 21.9 Å². The van der Waals surface area contributed by atoms with Gasteiger partial charge in [-0.05, 0) is 0 Å². The highest BCUT2D eigenvalue weighted by Crippen LogP contribution is 2.13. The van der Waals surface area contributed by atoms with E-state index < -0.39 is 21.9 Å². The van der Waals surface area contributed by atoms with Gasteiger partial charge in [-0.2, -0.15) is 4.31 Å². The smallest absolute Gasteiger partial charge is 0.309 e. The van der Waals surface area contributed by atoms with E-state index in [2.05, 4.69) is 0 Å². The molecule has 116 valence electrons. The van der Waals surface area contributed by atoms with Crippen LogP contribution in [0, 0.1) is 5.92 Å². The molecule has 0 unspecified atom stereocenters. The molecule has 1 amide bonds. The third kappa shape index (κ3) is 4.73. The second-order valence-corrected chi connectivity index (χ2v) is 6.72. The molecule has 0 spiro atoms. The molecule has 1 N–H and O–H groups in total. The van der Waals surface area contributed by atoms with Gasteiger partial charge in [0.2, 0.25) is 15.9 Å². The minimum atomic E-state index is -3.47. The highest BCUT2D eigenvalue weighted by molar-refractivity contribution is 7.88. The van der Waals surface area contributed by atoms with E-state index in [0.717, 1.165) is 10.6 Å². The Morgan fingerprint density at radius 3 is 2.45 bits per heavy atom. The SMILES string of the molecule is COCCC(=O)N1CCN(S(C)(=O)=O)C[C@@H](C(=O)O)C1. The minimum absolute atomic E-state index is 0.0178. The number of hydrogen-bond acceptors (Lipinski definition) is 5. The number of methoxy groups -OCH3 is 1. The van der Waals surface area contributed by atoms with E-state index >= 15 is 0 Å². The number of ether oxygens (including phenoxy) is 1. The van der Waals surface area contributed by atoms with Gasteiger partial charge in [0, 0.05) is 33.3 Å². The largest absolute Gasteiger partial charge is 0.481 e. The Bertz CT molecular complexity index is 464. The second kappa shape index (κ2) is 7.00. The van der Waals surface area contributed by atoms with Crippen LogP contribution in [0.2, 0.25) is 0 Å². The van der Waals surface area contributed by atoms with E-state index in [1.807, 2.05) is 0 Å². The summed E-state index contributed by atoms with van der Waals surface area (Å²) in [5.41, 5.74) is 0. The van der Waals surface area contributed by atoms with E-state index in [9.17, 15) is 18.0 Å². The van der Waals surface area contributed by atoms with Crippen molar-refractivity contribution in [1.82, 2.24) is 9.21 Å². The molecule has 0 bridgehead atoms. The summed E-state index contributed by atoms with van der Waals surface area (Å²) < 4.78 is 29.1.